The van der Waals surface area contributed by atoms with Gasteiger partial charge in [0, 0.05) is 19.1 Å². The molecule has 2 aliphatic heterocycles. The van der Waals surface area contributed by atoms with Crippen molar-refractivity contribution in [3.63, 3.8) is 0 Å². The second-order valence-electron chi connectivity index (χ2n) is 4.58. The SMILES string of the molecule is O=S(=O)(c1cc(Cl)c(Br)s1)N1CC[C@H]2CNC[C@H]21. The molecule has 0 amide bonds. The van der Waals surface area contributed by atoms with Crippen LogP contribution in [0.1, 0.15) is 6.42 Å². The van der Waals surface area contributed by atoms with E-state index in [0.29, 0.717) is 25.5 Å². The van der Waals surface area contributed by atoms with E-state index in [-0.39, 0.29) is 6.04 Å². The molecule has 0 radical (unpaired) electrons. The second kappa shape index (κ2) is 4.71. The summed E-state index contributed by atoms with van der Waals surface area (Å²) in [6.45, 7) is 2.29. The van der Waals surface area contributed by atoms with Crippen molar-refractivity contribution in [1.82, 2.24) is 9.62 Å². The minimum atomic E-state index is -3.40. The molecule has 2 saturated heterocycles. The number of hydrogen-bond acceptors (Lipinski definition) is 4. The Morgan fingerprint density at radius 1 is 1.50 bits per heavy atom. The number of hydrogen-bond donors (Lipinski definition) is 1. The van der Waals surface area contributed by atoms with Crippen molar-refractivity contribution in [2.24, 2.45) is 5.92 Å². The van der Waals surface area contributed by atoms with Gasteiger partial charge in [-0.3, -0.25) is 0 Å². The summed E-state index contributed by atoms with van der Waals surface area (Å²) < 4.78 is 27.8. The van der Waals surface area contributed by atoms with Gasteiger partial charge in [0.25, 0.3) is 10.0 Å². The maximum absolute atomic E-state index is 12.6. The van der Waals surface area contributed by atoms with Gasteiger partial charge in [-0.1, -0.05) is 11.6 Å². The van der Waals surface area contributed by atoms with Crippen molar-refractivity contribution in [1.29, 1.82) is 0 Å². The van der Waals surface area contributed by atoms with Crippen LogP contribution in [-0.2, 0) is 10.0 Å². The summed E-state index contributed by atoms with van der Waals surface area (Å²) in [6.07, 6.45) is 0.942. The summed E-state index contributed by atoms with van der Waals surface area (Å²) >= 11 is 10.4. The average molecular weight is 372 g/mol. The number of fused-ring (bicyclic) bond motifs is 1. The van der Waals surface area contributed by atoms with E-state index >= 15 is 0 Å². The Kier molecular flexibility index (Phi) is 3.49. The van der Waals surface area contributed by atoms with Gasteiger partial charge in [-0.05, 0) is 40.9 Å². The highest BCUT2D eigenvalue weighted by Gasteiger charge is 2.44. The molecule has 0 unspecified atom stereocenters. The lowest BCUT2D eigenvalue weighted by molar-refractivity contribution is 0.384. The van der Waals surface area contributed by atoms with Crippen LogP contribution in [0.3, 0.4) is 0 Å². The van der Waals surface area contributed by atoms with Crippen molar-refractivity contribution < 1.29 is 8.42 Å². The van der Waals surface area contributed by atoms with E-state index in [1.165, 1.54) is 17.4 Å². The average Bonchev–Trinajstić information content (AvgIpc) is 2.94. The van der Waals surface area contributed by atoms with Gasteiger partial charge in [-0.25, -0.2) is 8.42 Å². The Hall–Kier alpha value is 0.340. The lowest BCUT2D eigenvalue weighted by Crippen LogP contribution is -2.38. The number of halogens is 2. The largest absolute Gasteiger partial charge is 0.315 e. The normalized spacial score (nSPS) is 28.8. The van der Waals surface area contributed by atoms with Crippen molar-refractivity contribution in [2.75, 3.05) is 19.6 Å². The van der Waals surface area contributed by atoms with Gasteiger partial charge in [0.2, 0.25) is 0 Å². The molecule has 0 aromatic carbocycles. The van der Waals surface area contributed by atoms with Gasteiger partial charge < -0.3 is 5.32 Å². The second-order valence-corrected chi connectivity index (χ2v) is 9.47. The molecule has 100 valence electrons. The maximum Gasteiger partial charge on any atom is 0.252 e. The molecule has 0 spiro atoms. The zero-order valence-electron chi connectivity index (χ0n) is 9.40. The molecule has 4 nitrogen and oxygen atoms in total. The minimum Gasteiger partial charge on any atom is -0.315 e. The molecule has 1 aromatic heterocycles. The molecular weight excluding hydrogens is 360 g/mol. The first-order valence-corrected chi connectivity index (χ1v) is 9.10. The van der Waals surface area contributed by atoms with Crippen LogP contribution in [0, 0.1) is 5.92 Å². The summed E-state index contributed by atoms with van der Waals surface area (Å²) in [7, 11) is -3.40. The molecule has 3 rings (SSSR count). The van der Waals surface area contributed by atoms with E-state index in [4.69, 9.17) is 11.6 Å². The third-order valence-corrected chi connectivity index (χ3v) is 8.43. The van der Waals surface area contributed by atoms with E-state index in [1.54, 1.807) is 4.31 Å². The lowest BCUT2D eigenvalue weighted by Gasteiger charge is -2.21. The summed E-state index contributed by atoms with van der Waals surface area (Å²) in [4.78, 5) is 0. The highest BCUT2D eigenvalue weighted by molar-refractivity contribution is 9.11. The third kappa shape index (κ3) is 2.05. The standard InChI is InChI=1S/C10H12BrClN2O2S2/c11-10-7(12)3-9(17-10)18(15,16)14-2-1-6-4-13-5-8(6)14/h3,6,8,13H,1-2,4-5H2/t6-,8+/m0/s1. The molecule has 1 aromatic rings. The quantitative estimate of drug-likeness (QED) is 0.866. The van der Waals surface area contributed by atoms with Gasteiger partial charge in [0.1, 0.15) is 4.21 Å². The Bertz CT molecular complexity index is 555. The van der Waals surface area contributed by atoms with Gasteiger partial charge >= 0.3 is 0 Å². The van der Waals surface area contributed by atoms with Crippen LogP contribution in [0.2, 0.25) is 5.02 Å². The molecule has 8 heteroatoms. The molecule has 0 saturated carbocycles. The molecule has 3 heterocycles. The highest BCUT2D eigenvalue weighted by atomic mass is 79.9. The third-order valence-electron chi connectivity index (χ3n) is 3.58. The fourth-order valence-electron chi connectivity index (χ4n) is 2.68. The van der Waals surface area contributed by atoms with Crippen molar-refractivity contribution >= 4 is 48.9 Å². The van der Waals surface area contributed by atoms with Crippen molar-refractivity contribution in [3.05, 3.63) is 14.9 Å². The van der Waals surface area contributed by atoms with Crippen LogP contribution in [-0.4, -0.2) is 38.4 Å². The number of sulfonamides is 1. The van der Waals surface area contributed by atoms with Crippen molar-refractivity contribution in [2.45, 2.75) is 16.7 Å². The summed E-state index contributed by atoms with van der Waals surface area (Å²) in [5.41, 5.74) is 0. The van der Waals surface area contributed by atoms with E-state index in [1.807, 2.05) is 0 Å². The topological polar surface area (TPSA) is 49.4 Å². The van der Waals surface area contributed by atoms with E-state index in [9.17, 15) is 8.42 Å². The highest BCUT2D eigenvalue weighted by Crippen LogP contribution is 2.39. The summed E-state index contributed by atoms with van der Waals surface area (Å²) in [5.74, 6) is 0.457. The fourth-order valence-corrected chi connectivity index (χ4v) is 6.91. The van der Waals surface area contributed by atoms with E-state index in [0.717, 1.165) is 19.5 Å². The first-order valence-electron chi connectivity index (χ1n) is 5.67. The molecule has 2 fully saturated rings. The first-order chi connectivity index (χ1) is 8.50. The van der Waals surface area contributed by atoms with Crippen LogP contribution in [0.25, 0.3) is 0 Å². The number of rotatable bonds is 2. The Morgan fingerprint density at radius 3 is 2.94 bits per heavy atom. The van der Waals surface area contributed by atoms with Crippen molar-refractivity contribution in [3.8, 4) is 0 Å². The molecule has 0 aliphatic carbocycles. The maximum atomic E-state index is 12.6. The molecule has 18 heavy (non-hydrogen) atoms. The zero-order chi connectivity index (χ0) is 12.9. The summed E-state index contributed by atoms with van der Waals surface area (Å²) in [6, 6.07) is 1.64. The van der Waals surface area contributed by atoms with Crippen LogP contribution in [0.4, 0.5) is 0 Å². The van der Waals surface area contributed by atoms with Crippen LogP contribution in [0.5, 0.6) is 0 Å². The van der Waals surface area contributed by atoms with E-state index < -0.39 is 10.0 Å². The molecule has 0 bridgehead atoms. The Morgan fingerprint density at radius 2 is 2.28 bits per heavy atom. The minimum absolute atomic E-state index is 0.106. The van der Waals surface area contributed by atoms with Crippen LogP contribution >= 0.6 is 38.9 Å². The number of nitrogens with zero attached hydrogens (tertiary/aromatic N) is 1. The Balaban J connectivity index is 1.95. The van der Waals surface area contributed by atoms with Gasteiger partial charge in [-0.2, -0.15) is 4.31 Å². The first kappa shape index (κ1) is 13.3. The number of nitrogens with one attached hydrogen (secondary N) is 1. The van der Waals surface area contributed by atoms with Crippen LogP contribution in [0.15, 0.2) is 14.1 Å². The smallest absolute Gasteiger partial charge is 0.252 e. The fraction of sp³-hybridized carbons (Fsp3) is 0.600. The van der Waals surface area contributed by atoms with Gasteiger partial charge in [-0.15, -0.1) is 11.3 Å². The van der Waals surface area contributed by atoms with E-state index in [2.05, 4.69) is 21.2 Å². The lowest BCUT2D eigenvalue weighted by atomic mass is 10.1. The molecule has 2 atom stereocenters. The molecular formula is C10H12BrClN2O2S2. The van der Waals surface area contributed by atoms with Gasteiger partial charge in [0.15, 0.2) is 0 Å². The predicted octanol–water partition coefficient (Wildman–Crippen LogP) is 2.15. The zero-order valence-corrected chi connectivity index (χ0v) is 13.4. The van der Waals surface area contributed by atoms with Gasteiger partial charge in [0.05, 0.1) is 8.81 Å². The molecule has 1 N–H and O–H groups in total. The van der Waals surface area contributed by atoms with Crippen LogP contribution < -0.4 is 5.32 Å². The molecule has 2 aliphatic rings. The number of thiophene rings is 1. The summed E-state index contributed by atoms with van der Waals surface area (Å²) in [5, 5.41) is 3.71. The monoisotopic (exact) mass is 370 g/mol. The Labute approximate surface area is 123 Å². The predicted molar refractivity (Wildman–Crippen MR) is 75.7 cm³/mol.